The minimum Gasteiger partial charge on any atom is -0.333 e. The van der Waals surface area contributed by atoms with Gasteiger partial charge >= 0.3 is 0 Å². The van der Waals surface area contributed by atoms with E-state index in [9.17, 15) is 14.9 Å². The van der Waals surface area contributed by atoms with E-state index in [-0.39, 0.29) is 16.5 Å². The molecular weight excluding hydrogens is 316 g/mol. The molecule has 2 fully saturated rings. The molecule has 0 atom stereocenters. The number of rotatable bonds is 4. The lowest BCUT2D eigenvalue weighted by atomic mass is 9.88. The number of nitro groups is 1. The van der Waals surface area contributed by atoms with Gasteiger partial charge in [-0.25, -0.2) is 0 Å². The number of aryl methyl sites for hydroxylation is 1. The lowest BCUT2D eigenvalue weighted by Crippen LogP contribution is -2.48. The van der Waals surface area contributed by atoms with Crippen molar-refractivity contribution in [1.29, 1.82) is 0 Å². The van der Waals surface area contributed by atoms with Crippen molar-refractivity contribution in [2.45, 2.75) is 83.2 Å². The highest BCUT2D eigenvalue weighted by molar-refractivity contribution is 5.95. The average Bonchev–Trinajstić information content (AvgIpc) is 2.63. The molecule has 2 aliphatic rings. The monoisotopic (exact) mass is 344 g/mol. The Kier molecular flexibility index (Phi) is 5.71. The first-order valence-corrected chi connectivity index (χ1v) is 9.65. The Bertz CT molecular complexity index is 614. The molecule has 1 aromatic rings. The quantitative estimate of drug-likeness (QED) is 0.569. The maximum Gasteiger partial charge on any atom is 0.272 e. The van der Waals surface area contributed by atoms with Gasteiger partial charge in [-0.05, 0) is 44.7 Å². The Morgan fingerprint density at radius 2 is 1.52 bits per heavy atom. The molecule has 0 heterocycles. The van der Waals surface area contributed by atoms with Gasteiger partial charge in [-0.2, -0.15) is 0 Å². The van der Waals surface area contributed by atoms with Crippen molar-refractivity contribution in [3.05, 3.63) is 39.4 Å². The van der Waals surface area contributed by atoms with E-state index in [4.69, 9.17) is 0 Å². The number of nitrogens with zero attached hydrogens (tertiary/aromatic N) is 2. The second-order valence-electron chi connectivity index (χ2n) is 7.55. The normalized spacial score (nSPS) is 19.6. The molecule has 0 radical (unpaired) electrons. The molecule has 1 amide bonds. The predicted molar refractivity (Wildman–Crippen MR) is 97.7 cm³/mol. The van der Waals surface area contributed by atoms with Crippen LogP contribution in [0.15, 0.2) is 18.2 Å². The molecule has 0 unspecified atom stereocenters. The molecule has 0 bridgehead atoms. The molecule has 5 heteroatoms. The van der Waals surface area contributed by atoms with Gasteiger partial charge < -0.3 is 4.90 Å². The molecule has 3 rings (SSSR count). The summed E-state index contributed by atoms with van der Waals surface area (Å²) in [6.45, 7) is 1.71. The molecule has 1 aromatic carbocycles. The summed E-state index contributed by atoms with van der Waals surface area (Å²) in [6.07, 6.45) is 11.7. The summed E-state index contributed by atoms with van der Waals surface area (Å²) in [5.41, 5.74) is 1.24. The maximum absolute atomic E-state index is 13.3. The Balaban J connectivity index is 1.87. The zero-order valence-electron chi connectivity index (χ0n) is 15.1. The summed E-state index contributed by atoms with van der Waals surface area (Å²) in [5, 5.41) is 11.0. The first kappa shape index (κ1) is 17.9. The zero-order valence-corrected chi connectivity index (χ0v) is 15.1. The van der Waals surface area contributed by atoms with Crippen molar-refractivity contribution in [3.63, 3.8) is 0 Å². The van der Waals surface area contributed by atoms with Crippen molar-refractivity contribution in [2.75, 3.05) is 0 Å². The summed E-state index contributed by atoms with van der Waals surface area (Å²) in [4.78, 5) is 26.1. The van der Waals surface area contributed by atoms with E-state index < -0.39 is 0 Å². The van der Waals surface area contributed by atoms with Crippen molar-refractivity contribution in [1.82, 2.24) is 4.90 Å². The van der Waals surface area contributed by atoms with Crippen LogP contribution in [0.1, 0.15) is 80.1 Å². The molecule has 0 N–H and O–H groups in total. The van der Waals surface area contributed by atoms with Crippen molar-refractivity contribution >= 4 is 11.6 Å². The third kappa shape index (κ3) is 4.02. The van der Waals surface area contributed by atoms with Gasteiger partial charge in [-0.15, -0.1) is 0 Å². The van der Waals surface area contributed by atoms with E-state index in [1.54, 1.807) is 19.1 Å². The smallest absolute Gasteiger partial charge is 0.272 e. The van der Waals surface area contributed by atoms with Gasteiger partial charge in [0.2, 0.25) is 0 Å². The van der Waals surface area contributed by atoms with E-state index in [0.717, 1.165) is 25.7 Å². The highest BCUT2D eigenvalue weighted by Crippen LogP contribution is 2.32. The lowest BCUT2D eigenvalue weighted by Gasteiger charge is -2.42. The minimum absolute atomic E-state index is 0.0665. The number of benzene rings is 1. The van der Waals surface area contributed by atoms with Gasteiger partial charge in [0.25, 0.3) is 11.6 Å². The van der Waals surface area contributed by atoms with Crippen LogP contribution in [0.25, 0.3) is 0 Å². The van der Waals surface area contributed by atoms with E-state index in [2.05, 4.69) is 4.90 Å². The molecule has 0 aromatic heterocycles. The first-order valence-electron chi connectivity index (χ1n) is 9.65. The van der Waals surface area contributed by atoms with Crippen LogP contribution in [0.2, 0.25) is 0 Å². The van der Waals surface area contributed by atoms with Crippen molar-refractivity contribution < 1.29 is 9.72 Å². The van der Waals surface area contributed by atoms with Crippen LogP contribution >= 0.6 is 0 Å². The fraction of sp³-hybridized carbons (Fsp3) is 0.650. The molecule has 25 heavy (non-hydrogen) atoms. The van der Waals surface area contributed by atoms with Gasteiger partial charge in [-0.1, -0.05) is 38.5 Å². The average molecular weight is 344 g/mol. The summed E-state index contributed by atoms with van der Waals surface area (Å²) < 4.78 is 0. The standard InChI is InChI=1S/C20H28N2O3/c1-15-14-16(12-13-19(15)22(24)25)20(23)21(17-8-4-2-5-9-17)18-10-6-3-7-11-18/h12-14,17-18H,2-11H2,1H3. The molecule has 136 valence electrons. The number of hydrogen-bond donors (Lipinski definition) is 0. The fourth-order valence-corrected chi connectivity index (χ4v) is 4.49. The van der Waals surface area contributed by atoms with Crippen LogP contribution in [-0.2, 0) is 0 Å². The molecule has 5 nitrogen and oxygen atoms in total. The third-order valence-corrected chi connectivity index (χ3v) is 5.81. The van der Waals surface area contributed by atoms with Crippen molar-refractivity contribution in [3.8, 4) is 0 Å². The lowest BCUT2D eigenvalue weighted by molar-refractivity contribution is -0.385. The van der Waals surface area contributed by atoms with Gasteiger partial charge in [0.1, 0.15) is 0 Å². The fourth-order valence-electron chi connectivity index (χ4n) is 4.49. The van der Waals surface area contributed by atoms with Crippen LogP contribution in [0.3, 0.4) is 0 Å². The topological polar surface area (TPSA) is 63.5 Å². The Labute approximate surface area is 149 Å². The summed E-state index contributed by atoms with van der Waals surface area (Å²) in [7, 11) is 0. The molecular formula is C20H28N2O3. The zero-order chi connectivity index (χ0) is 17.8. The Hall–Kier alpha value is -1.91. The first-order chi connectivity index (χ1) is 12.1. The Morgan fingerprint density at radius 1 is 1.00 bits per heavy atom. The second kappa shape index (κ2) is 7.98. The number of hydrogen-bond acceptors (Lipinski definition) is 3. The summed E-state index contributed by atoms with van der Waals surface area (Å²) in [6, 6.07) is 5.47. The highest BCUT2D eigenvalue weighted by atomic mass is 16.6. The molecule has 2 aliphatic carbocycles. The SMILES string of the molecule is Cc1cc(C(=O)N(C2CCCCC2)C2CCCCC2)ccc1[N+](=O)[O-]. The van der Waals surface area contributed by atoms with Gasteiger partial charge in [0.15, 0.2) is 0 Å². The largest absolute Gasteiger partial charge is 0.333 e. The Morgan fingerprint density at radius 3 is 1.96 bits per heavy atom. The second-order valence-corrected chi connectivity index (χ2v) is 7.55. The molecule has 0 spiro atoms. The number of carbonyl (C=O) groups excluding carboxylic acids is 1. The van der Waals surface area contributed by atoms with Gasteiger partial charge in [0, 0.05) is 29.3 Å². The van der Waals surface area contributed by atoms with E-state index in [1.807, 2.05) is 0 Å². The molecule has 2 saturated carbocycles. The maximum atomic E-state index is 13.3. The predicted octanol–water partition coefficient (Wildman–Crippen LogP) is 5.01. The van der Waals surface area contributed by atoms with E-state index in [0.29, 0.717) is 23.2 Å². The van der Waals surface area contributed by atoms with Gasteiger partial charge in [-0.3, -0.25) is 14.9 Å². The molecule has 0 aliphatic heterocycles. The third-order valence-electron chi connectivity index (χ3n) is 5.81. The summed E-state index contributed by atoms with van der Waals surface area (Å²) >= 11 is 0. The van der Waals surface area contributed by atoms with Crippen LogP contribution in [0, 0.1) is 17.0 Å². The van der Waals surface area contributed by atoms with Crippen LogP contribution in [0.5, 0.6) is 0 Å². The van der Waals surface area contributed by atoms with Crippen LogP contribution in [-0.4, -0.2) is 27.8 Å². The van der Waals surface area contributed by atoms with Gasteiger partial charge in [0.05, 0.1) is 4.92 Å². The van der Waals surface area contributed by atoms with Crippen LogP contribution in [0.4, 0.5) is 5.69 Å². The summed E-state index contributed by atoms with van der Waals surface area (Å²) in [5.74, 6) is 0.0665. The number of nitro benzene ring substituents is 1. The number of amides is 1. The van der Waals surface area contributed by atoms with E-state index in [1.165, 1.54) is 44.6 Å². The van der Waals surface area contributed by atoms with E-state index >= 15 is 0 Å². The highest BCUT2D eigenvalue weighted by Gasteiger charge is 2.33. The van der Waals surface area contributed by atoms with Crippen LogP contribution < -0.4 is 0 Å². The van der Waals surface area contributed by atoms with Crippen molar-refractivity contribution in [2.24, 2.45) is 0 Å². The minimum atomic E-state index is -0.385. The molecule has 0 saturated heterocycles. The number of carbonyl (C=O) groups is 1.